The number of ether oxygens (including phenoxy) is 1. The minimum Gasteiger partial charge on any atom is -0.377 e. The summed E-state index contributed by atoms with van der Waals surface area (Å²) in [5, 5.41) is 7.22. The number of nitrogens with one attached hydrogen (secondary N) is 1. The Kier molecular flexibility index (Phi) is 3.92. The van der Waals surface area contributed by atoms with Gasteiger partial charge in [-0.1, -0.05) is 44.7 Å². The first-order valence-corrected chi connectivity index (χ1v) is 9.04. The molecule has 1 N–H and O–H groups in total. The molecule has 4 rings (SSSR count). The number of aromatic nitrogens is 1. The molecule has 1 aromatic heterocycles. The van der Waals surface area contributed by atoms with Crippen LogP contribution in [0.1, 0.15) is 68.1 Å². The molecule has 2 heterocycles. The van der Waals surface area contributed by atoms with Gasteiger partial charge in [0.1, 0.15) is 0 Å². The highest BCUT2D eigenvalue weighted by Crippen LogP contribution is 2.51. The predicted molar refractivity (Wildman–Crippen MR) is 85.1 cm³/mol. The average molecular weight is 318 g/mol. The van der Waals surface area contributed by atoms with Gasteiger partial charge in [0.05, 0.1) is 11.8 Å². The maximum absolute atomic E-state index is 12.5. The highest BCUT2D eigenvalue weighted by atomic mass is 16.5. The van der Waals surface area contributed by atoms with E-state index in [1.54, 1.807) is 6.07 Å². The highest BCUT2D eigenvalue weighted by molar-refractivity contribution is 5.91. The van der Waals surface area contributed by atoms with Crippen LogP contribution >= 0.6 is 0 Å². The van der Waals surface area contributed by atoms with Crippen LogP contribution in [0.2, 0.25) is 0 Å². The van der Waals surface area contributed by atoms with E-state index >= 15 is 0 Å². The number of nitrogens with zero attached hydrogens (tertiary/aromatic N) is 1. The lowest BCUT2D eigenvalue weighted by atomic mass is 9.61. The molecule has 5 nitrogen and oxygen atoms in total. The molecular weight excluding hydrogens is 292 g/mol. The molecule has 2 saturated carbocycles. The molecule has 1 saturated heterocycles. The first-order chi connectivity index (χ1) is 11.1. The third-order valence-electron chi connectivity index (χ3n) is 6.02. The number of hydrogen-bond donors (Lipinski definition) is 1. The smallest absolute Gasteiger partial charge is 0.290 e. The number of rotatable bonds is 4. The normalized spacial score (nSPS) is 33.7. The molecule has 0 bridgehead atoms. The van der Waals surface area contributed by atoms with Crippen molar-refractivity contribution in [3.63, 3.8) is 0 Å². The monoisotopic (exact) mass is 318 g/mol. The molecular formula is C18H26N2O3. The van der Waals surface area contributed by atoms with Crippen molar-refractivity contribution in [2.24, 2.45) is 17.8 Å². The number of carbonyl (C=O) groups excluding carboxylic acids is 1. The van der Waals surface area contributed by atoms with E-state index in [0.29, 0.717) is 29.6 Å². The fourth-order valence-electron chi connectivity index (χ4n) is 4.75. The Morgan fingerprint density at radius 2 is 2.09 bits per heavy atom. The summed E-state index contributed by atoms with van der Waals surface area (Å²) in [5.74, 6) is 2.16. The number of amides is 1. The van der Waals surface area contributed by atoms with E-state index in [9.17, 15) is 4.79 Å². The third-order valence-corrected chi connectivity index (χ3v) is 6.02. The van der Waals surface area contributed by atoms with Crippen molar-refractivity contribution >= 4 is 5.91 Å². The van der Waals surface area contributed by atoms with Crippen molar-refractivity contribution in [2.75, 3.05) is 6.61 Å². The van der Waals surface area contributed by atoms with Crippen LogP contribution in [-0.4, -0.2) is 29.8 Å². The highest BCUT2D eigenvalue weighted by Gasteiger charge is 2.57. The topological polar surface area (TPSA) is 64.4 Å². The summed E-state index contributed by atoms with van der Waals surface area (Å²) in [5.41, 5.74) is 0.832. The fourth-order valence-corrected chi connectivity index (χ4v) is 4.75. The van der Waals surface area contributed by atoms with Crippen molar-refractivity contribution in [3.05, 3.63) is 17.5 Å². The Hall–Kier alpha value is -1.36. The fraction of sp³-hybridized carbons (Fsp3) is 0.778. The largest absolute Gasteiger partial charge is 0.377 e. The molecule has 0 aromatic carbocycles. The van der Waals surface area contributed by atoms with E-state index in [0.717, 1.165) is 18.7 Å². The van der Waals surface area contributed by atoms with Crippen LogP contribution in [0, 0.1) is 17.8 Å². The molecule has 126 valence electrons. The van der Waals surface area contributed by atoms with Crippen LogP contribution in [0.25, 0.3) is 0 Å². The zero-order valence-electron chi connectivity index (χ0n) is 14.0. The van der Waals surface area contributed by atoms with Crippen LogP contribution in [0.4, 0.5) is 0 Å². The van der Waals surface area contributed by atoms with Gasteiger partial charge in [-0.15, -0.1) is 0 Å². The molecule has 2 aliphatic carbocycles. The maximum Gasteiger partial charge on any atom is 0.290 e. The predicted octanol–water partition coefficient (Wildman–Crippen LogP) is 3.12. The Labute approximate surface area is 137 Å². The second kappa shape index (κ2) is 5.93. The first kappa shape index (κ1) is 15.2. The van der Waals surface area contributed by atoms with Gasteiger partial charge in [-0.2, -0.15) is 0 Å². The summed E-state index contributed by atoms with van der Waals surface area (Å²) in [6, 6.07) is 2.01. The van der Waals surface area contributed by atoms with E-state index < -0.39 is 0 Å². The molecule has 1 aromatic rings. The van der Waals surface area contributed by atoms with E-state index in [1.165, 1.54) is 25.7 Å². The Balaban J connectivity index is 1.46. The third kappa shape index (κ3) is 2.59. The van der Waals surface area contributed by atoms with Crippen molar-refractivity contribution in [1.29, 1.82) is 0 Å². The lowest BCUT2D eigenvalue weighted by Gasteiger charge is -2.50. The molecule has 5 heteroatoms. The SMILES string of the molecule is CC(C)c1cc(C(=O)NC2C3CCOC3C2C2CCCC2)on1. The zero-order valence-corrected chi connectivity index (χ0v) is 14.0. The summed E-state index contributed by atoms with van der Waals surface area (Å²) in [6.07, 6.45) is 6.63. The molecule has 0 spiro atoms. The lowest BCUT2D eigenvalue weighted by molar-refractivity contribution is -0.0786. The maximum atomic E-state index is 12.5. The van der Waals surface area contributed by atoms with Gasteiger partial charge in [-0.25, -0.2) is 0 Å². The molecule has 3 aliphatic rings. The van der Waals surface area contributed by atoms with Crippen LogP contribution in [0.5, 0.6) is 0 Å². The first-order valence-electron chi connectivity index (χ1n) is 9.04. The molecule has 4 unspecified atom stereocenters. The summed E-state index contributed by atoms with van der Waals surface area (Å²) in [7, 11) is 0. The van der Waals surface area contributed by atoms with Gasteiger partial charge in [0, 0.05) is 30.6 Å². The van der Waals surface area contributed by atoms with Gasteiger partial charge in [0.15, 0.2) is 0 Å². The average Bonchev–Trinajstić information content (AvgIpc) is 3.26. The quantitative estimate of drug-likeness (QED) is 0.926. The standard InChI is InChI=1S/C18H26N2O3/c1-10(2)13-9-14(23-20-13)18(21)19-16-12-7-8-22-17(12)15(16)11-5-3-4-6-11/h9-12,15-17H,3-8H2,1-2H3,(H,19,21). The summed E-state index contributed by atoms with van der Waals surface area (Å²) >= 11 is 0. The summed E-state index contributed by atoms with van der Waals surface area (Å²) < 4.78 is 11.2. The summed E-state index contributed by atoms with van der Waals surface area (Å²) in [4.78, 5) is 12.5. The van der Waals surface area contributed by atoms with Gasteiger partial charge < -0.3 is 14.6 Å². The Morgan fingerprint density at radius 1 is 1.30 bits per heavy atom. The second-order valence-electron chi connectivity index (χ2n) is 7.68. The van der Waals surface area contributed by atoms with Crippen LogP contribution in [0.15, 0.2) is 10.6 Å². The minimum atomic E-state index is -0.122. The molecule has 1 aliphatic heterocycles. The van der Waals surface area contributed by atoms with Crippen LogP contribution in [-0.2, 0) is 4.74 Å². The Morgan fingerprint density at radius 3 is 2.78 bits per heavy atom. The van der Waals surface area contributed by atoms with E-state index in [2.05, 4.69) is 10.5 Å². The Bertz CT molecular complexity index is 572. The van der Waals surface area contributed by atoms with Crippen molar-refractivity contribution < 1.29 is 14.1 Å². The number of fused-ring (bicyclic) bond motifs is 1. The number of carbonyl (C=O) groups is 1. The van der Waals surface area contributed by atoms with Gasteiger partial charge >= 0.3 is 0 Å². The lowest BCUT2D eigenvalue weighted by Crippen LogP contribution is -2.63. The number of hydrogen-bond acceptors (Lipinski definition) is 4. The van der Waals surface area contributed by atoms with Gasteiger partial charge in [0.25, 0.3) is 5.91 Å². The van der Waals surface area contributed by atoms with Gasteiger partial charge in [-0.05, 0) is 18.3 Å². The molecule has 0 radical (unpaired) electrons. The van der Waals surface area contributed by atoms with Gasteiger partial charge in [-0.3, -0.25) is 4.79 Å². The van der Waals surface area contributed by atoms with Crippen molar-refractivity contribution in [2.45, 2.75) is 64.0 Å². The van der Waals surface area contributed by atoms with Crippen LogP contribution < -0.4 is 5.32 Å². The molecule has 23 heavy (non-hydrogen) atoms. The van der Waals surface area contributed by atoms with E-state index in [4.69, 9.17) is 9.26 Å². The second-order valence-corrected chi connectivity index (χ2v) is 7.68. The van der Waals surface area contributed by atoms with Crippen molar-refractivity contribution in [1.82, 2.24) is 10.5 Å². The molecule has 3 fully saturated rings. The molecule has 4 atom stereocenters. The van der Waals surface area contributed by atoms with Gasteiger partial charge in [0.2, 0.25) is 5.76 Å². The van der Waals surface area contributed by atoms with E-state index in [-0.39, 0.29) is 17.9 Å². The minimum absolute atomic E-state index is 0.122. The molecule has 1 amide bonds. The van der Waals surface area contributed by atoms with Crippen molar-refractivity contribution in [3.8, 4) is 0 Å². The zero-order chi connectivity index (χ0) is 16.0. The van der Waals surface area contributed by atoms with E-state index in [1.807, 2.05) is 13.8 Å². The van der Waals surface area contributed by atoms with Crippen LogP contribution in [0.3, 0.4) is 0 Å². The summed E-state index contributed by atoms with van der Waals surface area (Å²) in [6.45, 7) is 4.93.